The zero-order chi connectivity index (χ0) is 14.4. The second-order valence-corrected chi connectivity index (χ2v) is 6.09. The molecule has 0 aliphatic rings. The number of nitrogens with one attached hydrogen (secondary N) is 2. The summed E-state index contributed by atoms with van der Waals surface area (Å²) < 4.78 is 0. The van der Waals surface area contributed by atoms with E-state index in [1.165, 1.54) is 15.3 Å². The maximum atomic E-state index is 4.27. The van der Waals surface area contributed by atoms with Crippen LogP contribution in [0.1, 0.15) is 28.3 Å². The van der Waals surface area contributed by atoms with Gasteiger partial charge in [-0.3, -0.25) is 4.99 Å². The van der Waals surface area contributed by atoms with E-state index in [2.05, 4.69) is 65.9 Å². The third-order valence-electron chi connectivity index (χ3n) is 3.10. The van der Waals surface area contributed by atoms with Gasteiger partial charge in [-0.1, -0.05) is 30.3 Å². The Kier molecular flexibility index (Phi) is 5.18. The number of aryl methyl sites for hydroxylation is 1. The van der Waals surface area contributed by atoms with Gasteiger partial charge in [-0.2, -0.15) is 0 Å². The van der Waals surface area contributed by atoms with Crippen molar-refractivity contribution in [3.8, 4) is 0 Å². The third-order valence-corrected chi connectivity index (χ3v) is 4.10. The number of aliphatic imine (C=N–C) groups is 1. The third kappa shape index (κ3) is 4.10. The van der Waals surface area contributed by atoms with Crippen molar-refractivity contribution in [2.45, 2.75) is 26.4 Å². The minimum atomic E-state index is 0.229. The zero-order valence-electron chi connectivity index (χ0n) is 12.2. The molecule has 1 aromatic carbocycles. The van der Waals surface area contributed by atoms with Crippen molar-refractivity contribution in [3.05, 3.63) is 57.8 Å². The van der Waals surface area contributed by atoms with Crippen molar-refractivity contribution >= 4 is 17.3 Å². The van der Waals surface area contributed by atoms with Crippen molar-refractivity contribution in [3.63, 3.8) is 0 Å². The average Bonchev–Trinajstić information content (AvgIpc) is 2.89. The number of hydrogen-bond acceptors (Lipinski definition) is 2. The van der Waals surface area contributed by atoms with Crippen molar-refractivity contribution in [1.29, 1.82) is 0 Å². The minimum Gasteiger partial charge on any atom is -0.352 e. The molecule has 3 nitrogen and oxygen atoms in total. The molecule has 0 saturated carbocycles. The molecule has 0 aliphatic carbocycles. The van der Waals surface area contributed by atoms with Crippen molar-refractivity contribution in [2.24, 2.45) is 4.99 Å². The Morgan fingerprint density at radius 1 is 1.20 bits per heavy atom. The van der Waals surface area contributed by atoms with Crippen LogP contribution in [-0.4, -0.2) is 13.0 Å². The summed E-state index contributed by atoms with van der Waals surface area (Å²) in [6.07, 6.45) is 0. The van der Waals surface area contributed by atoms with E-state index >= 15 is 0 Å². The molecule has 0 aliphatic heterocycles. The summed E-state index contributed by atoms with van der Waals surface area (Å²) in [6, 6.07) is 14.9. The normalized spacial score (nSPS) is 13.1. The first kappa shape index (κ1) is 14.6. The highest BCUT2D eigenvalue weighted by atomic mass is 32.1. The molecule has 2 rings (SSSR count). The van der Waals surface area contributed by atoms with Gasteiger partial charge < -0.3 is 10.6 Å². The lowest BCUT2D eigenvalue weighted by Gasteiger charge is -2.18. The van der Waals surface area contributed by atoms with Crippen LogP contribution in [0.3, 0.4) is 0 Å². The Hall–Kier alpha value is -1.81. The van der Waals surface area contributed by atoms with Gasteiger partial charge in [-0.05, 0) is 31.5 Å². The lowest BCUT2D eigenvalue weighted by molar-refractivity contribution is 0.686. The molecule has 2 aromatic rings. The van der Waals surface area contributed by atoms with E-state index < -0.39 is 0 Å². The van der Waals surface area contributed by atoms with Gasteiger partial charge in [0.25, 0.3) is 0 Å². The van der Waals surface area contributed by atoms with Gasteiger partial charge in [0, 0.05) is 16.8 Å². The molecule has 1 atom stereocenters. The van der Waals surface area contributed by atoms with Crippen LogP contribution in [0.5, 0.6) is 0 Å². The molecule has 0 spiro atoms. The van der Waals surface area contributed by atoms with E-state index in [0.29, 0.717) is 0 Å². The monoisotopic (exact) mass is 287 g/mol. The Morgan fingerprint density at radius 2 is 1.95 bits per heavy atom. The van der Waals surface area contributed by atoms with Crippen LogP contribution >= 0.6 is 11.3 Å². The maximum absolute atomic E-state index is 4.27. The summed E-state index contributed by atoms with van der Waals surface area (Å²) in [6.45, 7) is 5.07. The summed E-state index contributed by atoms with van der Waals surface area (Å²) in [5, 5.41) is 6.75. The van der Waals surface area contributed by atoms with E-state index in [1.54, 1.807) is 7.05 Å². The summed E-state index contributed by atoms with van der Waals surface area (Å²) in [4.78, 5) is 6.93. The number of thiophene rings is 1. The molecule has 0 fully saturated rings. The van der Waals surface area contributed by atoms with Gasteiger partial charge in [-0.15, -0.1) is 11.3 Å². The molecular weight excluding hydrogens is 266 g/mol. The van der Waals surface area contributed by atoms with Crippen molar-refractivity contribution in [2.75, 3.05) is 7.05 Å². The zero-order valence-corrected chi connectivity index (χ0v) is 13.0. The first-order valence-electron chi connectivity index (χ1n) is 6.76. The van der Waals surface area contributed by atoms with Crippen LogP contribution in [-0.2, 0) is 6.54 Å². The summed E-state index contributed by atoms with van der Waals surface area (Å²) in [7, 11) is 1.80. The van der Waals surface area contributed by atoms with Crippen LogP contribution < -0.4 is 10.6 Å². The summed E-state index contributed by atoms with van der Waals surface area (Å²) in [5.74, 6) is 0.826. The molecule has 1 heterocycles. The molecule has 0 bridgehead atoms. The Labute approximate surface area is 124 Å². The molecule has 0 amide bonds. The fourth-order valence-electron chi connectivity index (χ4n) is 1.98. The van der Waals surface area contributed by atoms with Gasteiger partial charge >= 0.3 is 0 Å². The van der Waals surface area contributed by atoms with Crippen LogP contribution in [0.2, 0.25) is 0 Å². The number of hydrogen-bond donors (Lipinski definition) is 2. The molecule has 20 heavy (non-hydrogen) atoms. The molecule has 2 N–H and O–H groups in total. The summed E-state index contributed by atoms with van der Waals surface area (Å²) in [5.41, 5.74) is 1.25. The van der Waals surface area contributed by atoms with Crippen molar-refractivity contribution in [1.82, 2.24) is 10.6 Å². The quantitative estimate of drug-likeness (QED) is 0.667. The van der Waals surface area contributed by atoms with Crippen LogP contribution in [0, 0.1) is 6.92 Å². The lowest BCUT2D eigenvalue weighted by Crippen LogP contribution is -2.38. The van der Waals surface area contributed by atoms with Crippen LogP contribution in [0.15, 0.2) is 47.5 Å². The van der Waals surface area contributed by atoms with Gasteiger partial charge in [-0.25, -0.2) is 0 Å². The Bertz CT molecular complexity index is 560. The SMILES string of the molecule is CN=C(NCc1ccc(C)s1)NC(C)c1ccccc1. The highest BCUT2D eigenvalue weighted by Gasteiger charge is 2.07. The smallest absolute Gasteiger partial charge is 0.191 e. The van der Waals surface area contributed by atoms with Crippen LogP contribution in [0.25, 0.3) is 0 Å². The predicted octanol–water partition coefficient (Wildman–Crippen LogP) is 3.48. The predicted molar refractivity (Wildman–Crippen MR) is 87.2 cm³/mol. The molecule has 1 aromatic heterocycles. The molecule has 106 valence electrons. The highest BCUT2D eigenvalue weighted by Crippen LogP contribution is 2.14. The molecule has 4 heteroatoms. The van der Waals surface area contributed by atoms with E-state index in [-0.39, 0.29) is 6.04 Å². The second kappa shape index (κ2) is 7.10. The number of nitrogens with zero attached hydrogens (tertiary/aromatic N) is 1. The largest absolute Gasteiger partial charge is 0.352 e. The van der Waals surface area contributed by atoms with Crippen molar-refractivity contribution < 1.29 is 0 Å². The van der Waals surface area contributed by atoms with Gasteiger partial charge in [0.2, 0.25) is 0 Å². The van der Waals surface area contributed by atoms with Crippen LogP contribution in [0.4, 0.5) is 0 Å². The fraction of sp³-hybridized carbons (Fsp3) is 0.312. The lowest BCUT2D eigenvalue weighted by atomic mass is 10.1. The summed E-state index contributed by atoms with van der Waals surface area (Å²) >= 11 is 1.81. The molecule has 0 radical (unpaired) electrons. The van der Waals surface area contributed by atoms with E-state index in [4.69, 9.17) is 0 Å². The molecular formula is C16H21N3S. The average molecular weight is 287 g/mol. The Morgan fingerprint density at radius 3 is 2.55 bits per heavy atom. The number of benzene rings is 1. The minimum absolute atomic E-state index is 0.229. The first-order valence-corrected chi connectivity index (χ1v) is 7.58. The van der Waals surface area contributed by atoms with Gasteiger partial charge in [0.05, 0.1) is 12.6 Å². The van der Waals surface area contributed by atoms with Gasteiger partial charge in [0.15, 0.2) is 5.96 Å². The highest BCUT2D eigenvalue weighted by molar-refractivity contribution is 7.11. The number of guanidine groups is 1. The first-order chi connectivity index (χ1) is 9.69. The number of rotatable bonds is 4. The van der Waals surface area contributed by atoms with E-state index in [1.807, 2.05) is 17.4 Å². The van der Waals surface area contributed by atoms with Gasteiger partial charge in [0.1, 0.15) is 0 Å². The topological polar surface area (TPSA) is 36.4 Å². The maximum Gasteiger partial charge on any atom is 0.191 e. The standard InChI is InChI=1S/C16H21N3S/c1-12-9-10-15(20-12)11-18-16(17-3)19-13(2)14-7-5-4-6-8-14/h4-10,13H,11H2,1-3H3,(H2,17,18,19). The molecule has 0 saturated heterocycles. The van der Waals surface area contributed by atoms with E-state index in [9.17, 15) is 0 Å². The fourth-order valence-corrected chi connectivity index (χ4v) is 2.81. The second-order valence-electron chi connectivity index (χ2n) is 4.71. The Balaban J connectivity index is 1.89. The van der Waals surface area contributed by atoms with E-state index in [0.717, 1.165) is 12.5 Å². The molecule has 1 unspecified atom stereocenters.